The largest absolute Gasteiger partial charge is 0.481 e. The van der Waals surface area contributed by atoms with E-state index in [1.165, 1.54) is 12.4 Å². The molecule has 1 aromatic heterocycles. The highest BCUT2D eigenvalue weighted by atomic mass is 16.5. The van der Waals surface area contributed by atoms with Crippen LogP contribution in [-0.2, 0) is 14.3 Å². The number of hydrogen-bond acceptors (Lipinski definition) is 5. The fourth-order valence-corrected chi connectivity index (χ4v) is 2.47. The molecule has 3 heterocycles. The molecule has 7 heteroatoms. The minimum atomic E-state index is -1.04. The molecule has 4 atom stereocenters. The quantitative estimate of drug-likeness (QED) is 0.746. The first-order valence-corrected chi connectivity index (χ1v) is 5.81. The fourth-order valence-electron chi connectivity index (χ4n) is 2.47. The second kappa shape index (κ2) is 4.43. The molecule has 0 aromatic carbocycles. The molecular weight excluding hydrogens is 250 g/mol. The van der Waals surface area contributed by atoms with Crippen LogP contribution < -0.4 is 5.32 Å². The Balaban J connectivity index is 1.79. The molecule has 0 saturated carbocycles. The van der Waals surface area contributed by atoms with Crippen LogP contribution in [0.3, 0.4) is 0 Å². The molecule has 0 spiro atoms. The minimum absolute atomic E-state index is 0.156. The molecule has 7 nitrogen and oxygen atoms in total. The summed E-state index contributed by atoms with van der Waals surface area (Å²) in [5.74, 6) is -2.93. The second-order valence-corrected chi connectivity index (χ2v) is 4.40. The molecule has 2 bridgehead atoms. The average Bonchev–Trinajstić information content (AvgIpc) is 2.99. The third-order valence-corrected chi connectivity index (χ3v) is 3.29. The minimum Gasteiger partial charge on any atom is -0.481 e. The molecule has 1 saturated heterocycles. The number of carboxylic acids is 1. The maximum absolute atomic E-state index is 12.2. The van der Waals surface area contributed by atoms with Gasteiger partial charge in [-0.1, -0.05) is 12.2 Å². The van der Waals surface area contributed by atoms with Crippen LogP contribution >= 0.6 is 0 Å². The van der Waals surface area contributed by atoms with Gasteiger partial charge in [-0.2, -0.15) is 0 Å². The zero-order valence-corrected chi connectivity index (χ0v) is 9.76. The second-order valence-electron chi connectivity index (χ2n) is 4.40. The smallest absolute Gasteiger partial charge is 0.310 e. The molecule has 3 rings (SSSR count). The van der Waals surface area contributed by atoms with E-state index >= 15 is 0 Å². The number of carboxylic acid groups (broad SMARTS) is 1. The summed E-state index contributed by atoms with van der Waals surface area (Å²) in [6, 6.07) is 1.62. The van der Waals surface area contributed by atoms with Crippen LogP contribution in [-0.4, -0.2) is 39.2 Å². The number of nitrogens with one attached hydrogen (secondary N) is 1. The van der Waals surface area contributed by atoms with Crippen molar-refractivity contribution in [2.24, 2.45) is 11.8 Å². The van der Waals surface area contributed by atoms with E-state index in [4.69, 9.17) is 4.74 Å². The van der Waals surface area contributed by atoms with Crippen LogP contribution in [0.5, 0.6) is 0 Å². The Labute approximate surface area is 108 Å². The average molecular weight is 261 g/mol. The van der Waals surface area contributed by atoms with Crippen LogP contribution in [0.15, 0.2) is 30.6 Å². The van der Waals surface area contributed by atoms with Gasteiger partial charge in [-0.05, 0) is 6.07 Å². The van der Waals surface area contributed by atoms with Crippen molar-refractivity contribution in [3.8, 4) is 0 Å². The molecular formula is C12H11N3O4. The van der Waals surface area contributed by atoms with Gasteiger partial charge in [0.2, 0.25) is 11.9 Å². The van der Waals surface area contributed by atoms with Gasteiger partial charge in [0.1, 0.15) is 5.92 Å². The first kappa shape index (κ1) is 11.8. The zero-order valence-electron chi connectivity index (χ0n) is 9.76. The highest BCUT2D eigenvalue weighted by Crippen LogP contribution is 2.39. The lowest BCUT2D eigenvalue weighted by Gasteiger charge is -2.20. The zero-order chi connectivity index (χ0) is 13.4. The number of aliphatic carboxylic acids is 1. The molecule has 1 aromatic rings. The summed E-state index contributed by atoms with van der Waals surface area (Å²) < 4.78 is 5.42. The summed E-state index contributed by atoms with van der Waals surface area (Å²) in [5, 5.41) is 11.7. The molecule has 1 amide bonds. The number of fused-ring (bicyclic) bond motifs is 2. The lowest BCUT2D eigenvalue weighted by molar-refractivity contribution is -0.145. The van der Waals surface area contributed by atoms with Crippen LogP contribution in [0.25, 0.3) is 0 Å². The predicted octanol–water partition coefficient (Wildman–Crippen LogP) is 0.0693. The summed E-state index contributed by atoms with van der Waals surface area (Å²) in [6.45, 7) is 0. The number of ether oxygens (including phenoxy) is 1. The lowest BCUT2D eigenvalue weighted by atomic mass is 9.82. The maximum atomic E-state index is 12.2. The number of aromatic nitrogens is 2. The molecule has 2 N–H and O–H groups in total. The Morgan fingerprint density at radius 2 is 1.79 bits per heavy atom. The normalized spacial score (nSPS) is 31.4. The van der Waals surface area contributed by atoms with Crippen LogP contribution in [0, 0.1) is 11.8 Å². The number of rotatable bonds is 3. The Kier molecular flexibility index (Phi) is 2.75. The Bertz CT molecular complexity index is 545. The molecule has 2 aliphatic heterocycles. The van der Waals surface area contributed by atoms with E-state index < -0.39 is 35.9 Å². The van der Waals surface area contributed by atoms with E-state index in [2.05, 4.69) is 15.3 Å². The Morgan fingerprint density at radius 1 is 1.16 bits per heavy atom. The van der Waals surface area contributed by atoms with Crippen molar-refractivity contribution in [2.75, 3.05) is 5.32 Å². The third-order valence-electron chi connectivity index (χ3n) is 3.29. The highest BCUT2D eigenvalue weighted by molar-refractivity contribution is 5.95. The van der Waals surface area contributed by atoms with Gasteiger partial charge >= 0.3 is 5.97 Å². The van der Waals surface area contributed by atoms with Crippen LogP contribution in [0.4, 0.5) is 5.95 Å². The van der Waals surface area contributed by atoms with Crippen molar-refractivity contribution in [1.82, 2.24) is 9.97 Å². The fraction of sp³-hybridized carbons (Fsp3) is 0.333. The SMILES string of the molecule is O=C(O)[C@@H]1[C@H](C(=O)Nc2ncccn2)[C@H]2C=C[C@@H]1O2. The van der Waals surface area contributed by atoms with Crippen molar-refractivity contribution in [1.29, 1.82) is 0 Å². The number of nitrogens with zero attached hydrogens (tertiary/aromatic N) is 2. The lowest BCUT2D eigenvalue weighted by Crippen LogP contribution is -2.39. The number of anilines is 1. The number of carbonyl (C=O) groups is 2. The number of amides is 1. The first-order chi connectivity index (χ1) is 9.16. The predicted molar refractivity (Wildman–Crippen MR) is 63.1 cm³/mol. The van der Waals surface area contributed by atoms with E-state index in [0.717, 1.165) is 0 Å². The first-order valence-electron chi connectivity index (χ1n) is 5.81. The van der Waals surface area contributed by atoms with Crippen LogP contribution in [0.1, 0.15) is 0 Å². The van der Waals surface area contributed by atoms with Gasteiger partial charge in [-0.15, -0.1) is 0 Å². The van der Waals surface area contributed by atoms with Crippen molar-refractivity contribution in [2.45, 2.75) is 12.2 Å². The van der Waals surface area contributed by atoms with Gasteiger partial charge in [0.15, 0.2) is 0 Å². The number of hydrogen-bond donors (Lipinski definition) is 2. The molecule has 19 heavy (non-hydrogen) atoms. The van der Waals surface area contributed by atoms with Gasteiger partial charge in [-0.25, -0.2) is 9.97 Å². The molecule has 0 radical (unpaired) electrons. The van der Waals surface area contributed by atoms with E-state index in [-0.39, 0.29) is 5.95 Å². The third kappa shape index (κ3) is 1.97. The Hall–Kier alpha value is -2.28. The molecule has 0 unspecified atom stereocenters. The van der Waals surface area contributed by atoms with Gasteiger partial charge in [0, 0.05) is 12.4 Å². The summed E-state index contributed by atoms with van der Waals surface area (Å²) in [5.41, 5.74) is 0. The van der Waals surface area contributed by atoms with Gasteiger partial charge in [-0.3, -0.25) is 14.9 Å². The van der Waals surface area contributed by atoms with E-state index in [1.807, 2.05) is 0 Å². The summed E-state index contributed by atoms with van der Waals surface area (Å²) in [6.07, 6.45) is 5.37. The van der Waals surface area contributed by atoms with Crippen LogP contribution in [0.2, 0.25) is 0 Å². The van der Waals surface area contributed by atoms with E-state index in [9.17, 15) is 14.7 Å². The van der Waals surface area contributed by atoms with Gasteiger partial charge in [0.25, 0.3) is 0 Å². The molecule has 2 aliphatic rings. The van der Waals surface area contributed by atoms with Gasteiger partial charge < -0.3 is 9.84 Å². The summed E-state index contributed by atoms with van der Waals surface area (Å²) in [7, 11) is 0. The van der Waals surface area contributed by atoms with E-state index in [1.54, 1.807) is 18.2 Å². The molecule has 0 aliphatic carbocycles. The molecule has 1 fully saturated rings. The topological polar surface area (TPSA) is 101 Å². The van der Waals surface area contributed by atoms with Crippen molar-refractivity contribution in [3.05, 3.63) is 30.6 Å². The molecule has 98 valence electrons. The van der Waals surface area contributed by atoms with E-state index in [0.29, 0.717) is 0 Å². The van der Waals surface area contributed by atoms with Gasteiger partial charge in [0.05, 0.1) is 18.1 Å². The Morgan fingerprint density at radius 3 is 2.42 bits per heavy atom. The monoisotopic (exact) mass is 261 g/mol. The number of carbonyl (C=O) groups excluding carboxylic acids is 1. The van der Waals surface area contributed by atoms with Crippen molar-refractivity contribution < 1.29 is 19.4 Å². The summed E-state index contributed by atoms with van der Waals surface area (Å²) >= 11 is 0. The maximum Gasteiger partial charge on any atom is 0.310 e. The standard InChI is InChI=1S/C12H11N3O4/c16-10(15-12-13-4-1-5-14-12)8-6-2-3-7(19-6)9(8)11(17)18/h1-9H,(H,17,18)(H,13,14,15,16)/t6-,7+,8-,9+/m1/s1. The summed E-state index contributed by atoms with van der Waals surface area (Å²) in [4.78, 5) is 31.1. The van der Waals surface area contributed by atoms with Crippen molar-refractivity contribution in [3.63, 3.8) is 0 Å². The van der Waals surface area contributed by atoms with Crippen molar-refractivity contribution >= 4 is 17.8 Å². The highest BCUT2D eigenvalue weighted by Gasteiger charge is 2.53.